The van der Waals surface area contributed by atoms with Crippen LogP contribution < -0.4 is 0 Å². The van der Waals surface area contributed by atoms with E-state index in [1.165, 1.54) is 19.3 Å². The first-order valence-corrected chi connectivity index (χ1v) is 4.59. The fraction of sp³-hybridized carbons (Fsp3) is 1.00. The van der Waals surface area contributed by atoms with Crippen molar-refractivity contribution in [1.82, 2.24) is 0 Å². The van der Waals surface area contributed by atoms with Crippen molar-refractivity contribution < 1.29 is 9.68 Å². The second-order valence-corrected chi connectivity index (χ2v) is 3.35. The largest absolute Gasteiger partial charge is 0.435 e. The van der Waals surface area contributed by atoms with Gasteiger partial charge in [0.2, 0.25) is 0 Å². The normalized spacial score (nSPS) is 31.8. The fourth-order valence-corrected chi connectivity index (χ4v) is 1.81. The van der Waals surface area contributed by atoms with Crippen molar-refractivity contribution in [2.45, 2.75) is 45.1 Å². The first kappa shape index (κ1) is 9.08. The summed E-state index contributed by atoms with van der Waals surface area (Å²) in [5.74, 6) is 0.911. The Labute approximate surface area is 69.3 Å². The molecule has 1 aliphatic carbocycles. The number of hydrogen-bond donors (Lipinski definition) is 1. The third-order valence-electron chi connectivity index (χ3n) is 2.68. The van der Waals surface area contributed by atoms with Gasteiger partial charge in [0.1, 0.15) is 0 Å². The van der Waals surface area contributed by atoms with Crippen molar-refractivity contribution in [2.75, 3.05) is 0 Å². The lowest BCUT2D eigenvalue weighted by Crippen LogP contribution is -2.22. The van der Waals surface area contributed by atoms with Crippen molar-refractivity contribution in [3.05, 3.63) is 0 Å². The lowest BCUT2D eigenvalue weighted by Gasteiger charge is -2.27. The summed E-state index contributed by atoms with van der Waals surface area (Å²) in [4.78, 5) is 0. The van der Waals surface area contributed by atoms with Gasteiger partial charge < -0.3 is 9.68 Å². The van der Waals surface area contributed by atoms with E-state index in [1.54, 1.807) is 0 Å². The van der Waals surface area contributed by atoms with E-state index >= 15 is 0 Å². The van der Waals surface area contributed by atoms with Crippen molar-refractivity contribution >= 4 is 7.69 Å². The quantitative estimate of drug-likeness (QED) is 0.622. The minimum Gasteiger partial charge on any atom is -0.430 e. The monoisotopic (exact) mass is 156 g/mol. The molecule has 0 aromatic rings. The molecule has 0 saturated heterocycles. The highest BCUT2D eigenvalue weighted by atomic mass is 16.5. The van der Waals surface area contributed by atoms with Gasteiger partial charge >= 0.3 is 7.69 Å². The average Bonchev–Trinajstić information content (AvgIpc) is 2.07. The van der Waals surface area contributed by atoms with Crippen LogP contribution >= 0.6 is 0 Å². The van der Waals surface area contributed by atoms with Crippen molar-refractivity contribution in [3.63, 3.8) is 0 Å². The van der Waals surface area contributed by atoms with Gasteiger partial charge in [0.05, 0.1) is 0 Å². The summed E-state index contributed by atoms with van der Waals surface area (Å²) in [6, 6.07) is 0. The molecule has 11 heavy (non-hydrogen) atoms. The van der Waals surface area contributed by atoms with Crippen LogP contribution in [0.2, 0.25) is 0 Å². The van der Waals surface area contributed by atoms with E-state index in [1.807, 2.05) is 0 Å². The van der Waals surface area contributed by atoms with Crippen LogP contribution in [0, 0.1) is 5.92 Å². The summed E-state index contributed by atoms with van der Waals surface area (Å²) in [5.41, 5.74) is 0. The van der Waals surface area contributed by atoms with Gasteiger partial charge in [-0.05, 0) is 31.6 Å². The highest BCUT2D eigenvalue weighted by Gasteiger charge is 2.19. The van der Waals surface area contributed by atoms with Crippen molar-refractivity contribution in [2.24, 2.45) is 5.92 Å². The Balaban J connectivity index is 2.14. The molecule has 0 atom stereocenters. The van der Waals surface area contributed by atoms with Gasteiger partial charge in [-0.2, -0.15) is 0 Å². The maximum atomic E-state index is 8.52. The molecule has 0 amide bonds. The van der Waals surface area contributed by atoms with Crippen molar-refractivity contribution in [3.8, 4) is 0 Å². The topological polar surface area (TPSA) is 29.5 Å². The Morgan fingerprint density at radius 2 is 2.00 bits per heavy atom. The minimum atomic E-state index is -0.110. The van der Waals surface area contributed by atoms with Gasteiger partial charge in [-0.1, -0.05) is 13.3 Å². The molecule has 0 aromatic heterocycles. The molecule has 0 aromatic carbocycles. The summed E-state index contributed by atoms with van der Waals surface area (Å²) in [6.07, 6.45) is 6.47. The zero-order valence-electron chi connectivity index (χ0n) is 7.25. The highest BCUT2D eigenvalue weighted by Crippen LogP contribution is 2.27. The van der Waals surface area contributed by atoms with Crippen LogP contribution in [-0.4, -0.2) is 18.8 Å². The van der Waals surface area contributed by atoms with Gasteiger partial charge in [0, 0.05) is 6.10 Å². The van der Waals surface area contributed by atoms with Crippen LogP contribution in [0.25, 0.3) is 0 Å². The van der Waals surface area contributed by atoms with Crippen LogP contribution in [0.15, 0.2) is 0 Å². The fourth-order valence-electron chi connectivity index (χ4n) is 1.81. The van der Waals surface area contributed by atoms with Gasteiger partial charge in [0.15, 0.2) is 0 Å². The molecule has 2 nitrogen and oxygen atoms in total. The predicted molar refractivity (Wildman–Crippen MR) is 46.5 cm³/mol. The summed E-state index contributed by atoms with van der Waals surface area (Å²) >= 11 is 0. The Bertz CT molecular complexity index is 100. The molecule has 1 fully saturated rings. The van der Waals surface area contributed by atoms with Gasteiger partial charge in [-0.3, -0.25) is 0 Å². The molecule has 0 radical (unpaired) electrons. The van der Waals surface area contributed by atoms with E-state index < -0.39 is 0 Å². The maximum Gasteiger partial charge on any atom is 0.435 e. The van der Waals surface area contributed by atoms with Crippen LogP contribution in [0.1, 0.15) is 39.0 Å². The molecule has 0 spiro atoms. The van der Waals surface area contributed by atoms with Crippen LogP contribution in [-0.2, 0) is 4.65 Å². The van der Waals surface area contributed by atoms with E-state index in [4.69, 9.17) is 9.68 Å². The van der Waals surface area contributed by atoms with Gasteiger partial charge in [-0.25, -0.2) is 0 Å². The molecule has 0 unspecified atom stereocenters. The molecular formula is C8H17BO2. The summed E-state index contributed by atoms with van der Waals surface area (Å²) in [6.45, 7) is 2.25. The highest BCUT2D eigenvalue weighted by molar-refractivity contribution is 6.15. The van der Waals surface area contributed by atoms with Gasteiger partial charge in [-0.15, -0.1) is 0 Å². The minimum absolute atomic E-state index is 0.110. The van der Waals surface area contributed by atoms with E-state index in [0.29, 0.717) is 6.10 Å². The number of rotatable bonds is 3. The van der Waals surface area contributed by atoms with E-state index in [9.17, 15) is 0 Å². The lowest BCUT2D eigenvalue weighted by molar-refractivity contribution is 0.118. The Hall–Kier alpha value is -0.0151. The Kier molecular flexibility index (Phi) is 3.94. The molecule has 64 valence electrons. The standard InChI is InChI=1S/C8H17BO2/c1-2-7-3-5-8(6-4-7)11-9-10/h7-10H,2-6H2,1H3. The summed E-state index contributed by atoms with van der Waals surface area (Å²) < 4.78 is 5.13. The van der Waals surface area contributed by atoms with E-state index in [2.05, 4.69) is 6.92 Å². The first-order valence-electron chi connectivity index (χ1n) is 4.59. The predicted octanol–water partition coefficient (Wildman–Crippen LogP) is 1.23. The molecule has 0 heterocycles. The van der Waals surface area contributed by atoms with E-state index in [-0.39, 0.29) is 7.69 Å². The van der Waals surface area contributed by atoms with Crippen LogP contribution in [0.4, 0.5) is 0 Å². The summed E-state index contributed by atoms with van der Waals surface area (Å²) in [5, 5.41) is 8.52. The van der Waals surface area contributed by atoms with Crippen LogP contribution in [0.5, 0.6) is 0 Å². The molecule has 3 heteroatoms. The maximum absolute atomic E-state index is 8.52. The molecule has 1 aliphatic rings. The lowest BCUT2D eigenvalue weighted by atomic mass is 9.85. The smallest absolute Gasteiger partial charge is 0.430 e. The molecule has 1 saturated carbocycles. The third kappa shape index (κ3) is 2.84. The van der Waals surface area contributed by atoms with E-state index in [0.717, 1.165) is 18.8 Å². The van der Waals surface area contributed by atoms with Gasteiger partial charge in [0.25, 0.3) is 0 Å². The Morgan fingerprint density at radius 1 is 1.36 bits per heavy atom. The number of hydrogen-bond acceptors (Lipinski definition) is 2. The zero-order valence-corrected chi connectivity index (χ0v) is 7.25. The molecule has 1 N–H and O–H groups in total. The first-order chi connectivity index (χ1) is 5.36. The molecule has 0 bridgehead atoms. The Morgan fingerprint density at radius 3 is 2.45 bits per heavy atom. The van der Waals surface area contributed by atoms with Crippen molar-refractivity contribution in [1.29, 1.82) is 0 Å². The third-order valence-corrected chi connectivity index (χ3v) is 2.68. The second-order valence-electron chi connectivity index (χ2n) is 3.35. The molecule has 1 rings (SSSR count). The summed E-state index contributed by atoms with van der Waals surface area (Å²) in [7, 11) is -0.110. The average molecular weight is 156 g/mol. The van der Waals surface area contributed by atoms with Crippen LogP contribution in [0.3, 0.4) is 0 Å². The SMILES string of the molecule is CCC1CCC(OBO)CC1. The molecular weight excluding hydrogens is 139 g/mol. The second kappa shape index (κ2) is 4.78. The molecule has 0 aliphatic heterocycles. The zero-order chi connectivity index (χ0) is 8.10.